The molecule has 5 heteroatoms. The van der Waals surface area contributed by atoms with Crippen LogP contribution in [0.1, 0.15) is 23.7 Å². The normalized spacial score (nSPS) is 19.9. The van der Waals surface area contributed by atoms with E-state index in [2.05, 4.69) is 22.9 Å². The van der Waals surface area contributed by atoms with Crippen molar-refractivity contribution in [1.29, 1.82) is 0 Å². The Bertz CT molecular complexity index is 453. The highest BCUT2D eigenvalue weighted by Crippen LogP contribution is 2.24. The van der Waals surface area contributed by atoms with Crippen LogP contribution in [0, 0.1) is 0 Å². The van der Waals surface area contributed by atoms with Crippen LogP contribution in [-0.2, 0) is 4.74 Å². The van der Waals surface area contributed by atoms with Crippen LogP contribution in [0.15, 0.2) is 22.7 Å². The molecule has 0 spiro atoms. The monoisotopic (exact) mass is 331 g/mol. The minimum Gasteiger partial charge on any atom is -0.375 e. The lowest BCUT2D eigenvalue weighted by atomic mass is 10.1. The van der Waals surface area contributed by atoms with Gasteiger partial charge in [0.1, 0.15) is 0 Å². The zero-order chi connectivity index (χ0) is 13.1. The second kappa shape index (κ2) is 6.04. The van der Waals surface area contributed by atoms with Crippen molar-refractivity contribution in [2.75, 3.05) is 19.7 Å². The molecule has 1 fully saturated rings. The molecule has 1 aromatic rings. The highest BCUT2D eigenvalue weighted by atomic mass is 79.9. The Labute approximate surface area is 120 Å². The number of benzene rings is 1. The van der Waals surface area contributed by atoms with Gasteiger partial charge in [-0.2, -0.15) is 0 Å². The zero-order valence-electron chi connectivity index (χ0n) is 10.2. The molecule has 1 aliphatic rings. The van der Waals surface area contributed by atoms with E-state index in [1.165, 1.54) is 0 Å². The van der Waals surface area contributed by atoms with Crippen molar-refractivity contribution in [3.8, 4) is 0 Å². The van der Waals surface area contributed by atoms with Gasteiger partial charge in [0.25, 0.3) is 5.91 Å². The molecular formula is C13H15BrClNO2. The number of nitrogens with zero attached hydrogens (tertiary/aromatic N) is 1. The first-order valence-electron chi connectivity index (χ1n) is 5.97. The summed E-state index contributed by atoms with van der Waals surface area (Å²) in [5, 5.41) is 0.557. The van der Waals surface area contributed by atoms with Crippen LogP contribution in [0.2, 0.25) is 5.02 Å². The van der Waals surface area contributed by atoms with E-state index in [0.29, 0.717) is 30.3 Å². The number of carbonyl (C=O) groups excluding carboxylic acids is 1. The first kappa shape index (κ1) is 13.8. The predicted octanol–water partition coefficient (Wildman–Crippen LogP) is 3.35. The molecule has 2 rings (SSSR count). The summed E-state index contributed by atoms with van der Waals surface area (Å²) in [4.78, 5) is 14.2. The lowest BCUT2D eigenvalue weighted by Gasteiger charge is -2.32. The van der Waals surface area contributed by atoms with Crippen molar-refractivity contribution < 1.29 is 9.53 Å². The Hall–Kier alpha value is -0.580. The second-order valence-corrected chi connectivity index (χ2v) is 5.54. The van der Waals surface area contributed by atoms with Crippen LogP contribution in [0.4, 0.5) is 0 Å². The fourth-order valence-electron chi connectivity index (χ4n) is 1.96. The van der Waals surface area contributed by atoms with Crippen molar-refractivity contribution in [3.05, 3.63) is 33.3 Å². The maximum Gasteiger partial charge on any atom is 0.254 e. The smallest absolute Gasteiger partial charge is 0.254 e. The van der Waals surface area contributed by atoms with E-state index in [1.807, 2.05) is 4.90 Å². The topological polar surface area (TPSA) is 29.5 Å². The Morgan fingerprint density at radius 3 is 3.06 bits per heavy atom. The SMILES string of the molecule is CCC1CN(C(=O)c2ccc(Br)c(Cl)c2)CCO1. The van der Waals surface area contributed by atoms with Crippen LogP contribution in [0.3, 0.4) is 0 Å². The lowest BCUT2D eigenvalue weighted by molar-refractivity contribution is -0.0226. The Morgan fingerprint density at radius 1 is 1.61 bits per heavy atom. The molecule has 0 N–H and O–H groups in total. The van der Waals surface area contributed by atoms with Crippen molar-refractivity contribution in [2.45, 2.75) is 19.4 Å². The first-order chi connectivity index (χ1) is 8.61. The third-order valence-electron chi connectivity index (χ3n) is 3.05. The molecule has 18 heavy (non-hydrogen) atoms. The van der Waals surface area contributed by atoms with E-state index >= 15 is 0 Å². The largest absolute Gasteiger partial charge is 0.375 e. The number of halogens is 2. The number of amides is 1. The molecule has 0 radical (unpaired) electrons. The van der Waals surface area contributed by atoms with E-state index < -0.39 is 0 Å². The summed E-state index contributed by atoms with van der Waals surface area (Å²) in [7, 11) is 0. The highest BCUT2D eigenvalue weighted by Gasteiger charge is 2.24. The van der Waals surface area contributed by atoms with Crippen LogP contribution in [0.5, 0.6) is 0 Å². The summed E-state index contributed by atoms with van der Waals surface area (Å²) in [5.74, 6) is 0.0196. The van der Waals surface area contributed by atoms with Gasteiger partial charge in [0.2, 0.25) is 0 Å². The summed E-state index contributed by atoms with van der Waals surface area (Å²) in [6.07, 6.45) is 1.07. The maximum atomic E-state index is 12.3. The molecule has 1 atom stereocenters. The summed E-state index contributed by atoms with van der Waals surface area (Å²) >= 11 is 9.33. The number of ether oxygens (including phenoxy) is 1. The fraction of sp³-hybridized carbons (Fsp3) is 0.462. The van der Waals surface area contributed by atoms with Gasteiger partial charge in [-0.3, -0.25) is 4.79 Å². The Balaban J connectivity index is 2.12. The molecule has 1 unspecified atom stereocenters. The molecule has 0 bridgehead atoms. The molecular weight excluding hydrogens is 318 g/mol. The van der Waals surface area contributed by atoms with Crippen LogP contribution in [0.25, 0.3) is 0 Å². The highest BCUT2D eigenvalue weighted by molar-refractivity contribution is 9.10. The molecule has 1 aromatic carbocycles. The molecule has 1 heterocycles. The van der Waals surface area contributed by atoms with Crippen molar-refractivity contribution in [1.82, 2.24) is 4.90 Å². The molecule has 1 amide bonds. The Morgan fingerprint density at radius 2 is 2.39 bits per heavy atom. The van der Waals surface area contributed by atoms with Gasteiger partial charge in [-0.1, -0.05) is 18.5 Å². The van der Waals surface area contributed by atoms with E-state index in [1.54, 1.807) is 18.2 Å². The molecule has 98 valence electrons. The first-order valence-corrected chi connectivity index (χ1v) is 7.15. The third kappa shape index (κ3) is 3.05. The zero-order valence-corrected chi connectivity index (χ0v) is 12.5. The van der Waals surface area contributed by atoms with Crippen LogP contribution in [-0.4, -0.2) is 36.6 Å². The minimum atomic E-state index is 0.0196. The Kier molecular flexibility index (Phi) is 4.65. The molecule has 1 aliphatic heterocycles. The predicted molar refractivity (Wildman–Crippen MR) is 75.1 cm³/mol. The average molecular weight is 333 g/mol. The second-order valence-electron chi connectivity index (χ2n) is 4.28. The summed E-state index contributed by atoms with van der Waals surface area (Å²) < 4.78 is 6.36. The molecule has 0 saturated carbocycles. The lowest BCUT2D eigenvalue weighted by Crippen LogP contribution is -2.45. The molecule has 1 saturated heterocycles. The van der Waals surface area contributed by atoms with Crippen LogP contribution >= 0.6 is 27.5 Å². The molecule has 0 aliphatic carbocycles. The number of rotatable bonds is 2. The van der Waals surface area contributed by atoms with E-state index in [9.17, 15) is 4.79 Å². The van der Waals surface area contributed by atoms with Crippen molar-refractivity contribution >= 4 is 33.4 Å². The molecule has 0 aromatic heterocycles. The van der Waals surface area contributed by atoms with Crippen LogP contribution < -0.4 is 0 Å². The third-order valence-corrected chi connectivity index (χ3v) is 4.28. The summed E-state index contributed by atoms with van der Waals surface area (Å²) in [6, 6.07) is 5.28. The van der Waals surface area contributed by atoms with Gasteiger partial charge in [0.05, 0.1) is 17.7 Å². The van der Waals surface area contributed by atoms with Gasteiger partial charge in [-0.05, 0) is 40.5 Å². The minimum absolute atomic E-state index is 0.0196. The fourth-order valence-corrected chi connectivity index (χ4v) is 2.39. The number of hydrogen-bond donors (Lipinski definition) is 0. The summed E-state index contributed by atoms with van der Waals surface area (Å²) in [5.41, 5.74) is 0.625. The van der Waals surface area contributed by atoms with Gasteiger partial charge < -0.3 is 9.64 Å². The van der Waals surface area contributed by atoms with E-state index in [-0.39, 0.29) is 12.0 Å². The van der Waals surface area contributed by atoms with E-state index in [4.69, 9.17) is 16.3 Å². The average Bonchev–Trinajstić information content (AvgIpc) is 2.41. The van der Waals surface area contributed by atoms with Gasteiger partial charge >= 0.3 is 0 Å². The standard InChI is InChI=1S/C13H15BrClNO2/c1-2-10-8-16(5-6-18-10)13(17)9-3-4-11(14)12(15)7-9/h3-4,7,10H,2,5-6,8H2,1H3. The quantitative estimate of drug-likeness (QED) is 0.831. The van der Waals surface area contributed by atoms with Gasteiger partial charge in [-0.25, -0.2) is 0 Å². The number of morpholine rings is 1. The summed E-state index contributed by atoms with van der Waals surface area (Å²) in [6.45, 7) is 3.97. The van der Waals surface area contributed by atoms with E-state index in [0.717, 1.165) is 10.9 Å². The van der Waals surface area contributed by atoms with Crippen molar-refractivity contribution in [2.24, 2.45) is 0 Å². The van der Waals surface area contributed by atoms with Gasteiger partial charge in [0.15, 0.2) is 0 Å². The number of hydrogen-bond acceptors (Lipinski definition) is 2. The number of carbonyl (C=O) groups is 1. The maximum absolute atomic E-state index is 12.3. The molecule has 3 nitrogen and oxygen atoms in total. The van der Waals surface area contributed by atoms with Gasteiger partial charge in [-0.15, -0.1) is 0 Å². The van der Waals surface area contributed by atoms with Crippen molar-refractivity contribution in [3.63, 3.8) is 0 Å². The van der Waals surface area contributed by atoms with Gasteiger partial charge in [0, 0.05) is 23.1 Å².